The van der Waals surface area contributed by atoms with Gasteiger partial charge in [-0.1, -0.05) is 111 Å². The summed E-state index contributed by atoms with van der Waals surface area (Å²) in [6, 6.07) is 53.7. The first kappa shape index (κ1) is 30.1. The predicted molar refractivity (Wildman–Crippen MR) is 213 cm³/mol. The number of hydrogen-bond donors (Lipinski definition) is 1. The lowest BCUT2D eigenvalue weighted by atomic mass is 9.82. The Kier molecular flexibility index (Phi) is 6.46. The first-order chi connectivity index (χ1) is 25.4. The number of H-pyrrole nitrogens is 1. The van der Waals surface area contributed by atoms with Crippen molar-refractivity contribution < 1.29 is 0 Å². The van der Waals surface area contributed by atoms with Gasteiger partial charge in [-0.05, 0) is 99.6 Å². The fraction of sp³-hybridized carbons (Fsp3) is 0.0638. The van der Waals surface area contributed by atoms with Crippen LogP contribution in [0.5, 0.6) is 0 Å². The van der Waals surface area contributed by atoms with Crippen molar-refractivity contribution in [1.29, 1.82) is 0 Å². The van der Waals surface area contributed by atoms with Gasteiger partial charge in [0.25, 0.3) is 5.56 Å². The highest BCUT2D eigenvalue weighted by molar-refractivity contribution is 6.13. The summed E-state index contributed by atoms with van der Waals surface area (Å²) in [4.78, 5) is 30.8. The van der Waals surface area contributed by atoms with Crippen molar-refractivity contribution in [2.75, 3.05) is 0 Å². The van der Waals surface area contributed by atoms with Gasteiger partial charge >= 0.3 is 5.69 Å². The molecule has 0 atom stereocenters. The lowest BCUT2D eigenvalue weighted by molar-refractivity contribution is 0.661. The molecule has 2 heterocycles. The van der Waals surface area contributed by atoms with E-state index in [0.29, 0.717) is 16.6 Å². The molecule has 10 rings (SSSR count). The molecule has 0 amide bonds. The zero-order valence-corrected chi connectivity index (χ0v) is 28.7. The van der Waals surface area contributed by atoms with Crippen molar-refractivity contribution in [3.8, 4) is 44.8 Å². The molecule has 0 bridgehead atoms. The smallest absolute Gasteiger partial charge is 0.309 e. The molecular formula is C47H33N3O2. The maximum Gasteiger partial charge on any atom is 0.333 e. The van der Waals surface area contributed by atoms with E-state index in [2.05, 4.69) is 114 Å². The van der Waals surface area contributed by atoms with E-state index in [4.69, 9.17) is 0 Å². The molecule has 0 fully saturated rings. The second-order valence-corrected chi connectivity index (χ2v) is 14.2. The zero-order valence-electron chi connectivity index (χ0n) is 28.7. The average Bonchev–Trinajstić information content (AvgIpc) is 3.62. The molecule has 52 heavy (non-hydrogen) atoms. The molecule has 0 radical (unpaired) electrons. The maximum absolute atomic E-state index is 14.3. The zero-order chi connectivity index (χ0) is 35.1. The number of nitrogens with zero attached hydrogens (tertiary/aromatic N) is 2. The Morgan fingerprint density at radius 2 is 1.08 bits per heavy atom. The summed E-state index contributed by atoms with van der Waals surface area (Å²) in [7, 11) is 0. The number of fused-ring (bicyclic) bond motifs is 7. The molecule has 7 aromatic carbocycles. The van der Waals surface area contributed by atoms with E-state index in [1.807, 2.05) is 54.6 Å². The van der Waals surface area contributed by atoms with E-state index in [1.165, 1.54) is 32.2 Å². The topological polar surface area (TPSA) is 59.8 Å². The largest absolute Gasteiger partial charge is 0.333 e. The lowest BCUT2D eigenvalue weighted by Gasteiger charge is -2.21. The molecule has 0 unspecified atom stereocenters. The van der Waals surface area contributed by atoms with Crippen molar-refractivity contribution >= 4 is 32.7 Å². The second-order valence-electron chi connectivity index (χ2n) is 14.2. The second kappa shape index (κ2) is 11.1. The molecule has 2 aromatic heterocycles. The minimum atomic E-state index is -0.471. The van der Waals surface area contributed by atoms with Gasteiger partial charge < -0.3 is 9.55 Å². The Balaban J connectivity index is 1.27. The molecule has 0 saturated heterocycles. The third-order valence-electron chi connectivity index (χ3n) is 10.9. The normalized spacial score (nSPS) is 13.1. The maximum atomic E-state index is 14.3. The molecule has 0 spiro atoms. The van der Waals surface area contributed by atoms with Crippen LogP contribution < -0.4 is 11.2 Å². The molecule has 5 heteroatoms. The van der Waals surface area contributed by atoms with E-state index in [0.717, 1.165) is 44.4 Å². The van der Waals surface area contributed by atoms with E-state index >= 15 is 0 Å². The van der Waals surface area contributed by atoms with E-state index in [1.54, 1.807) is 12.1 Å². The lowest BCUT2D eigenvalue weighted by Crippen LogP contribution is -2.33. The van der Waals surface area contributed by atoms with Crippen LogP contribution in [0.15, 0.2) is 167 Å². The quantitative estimate of drug-likeness (QED) is 0.202. The van der Waals surface area contributed by atoms with Crippen LogP contribution in [0.1, 0.15) is 25.0 Å². The number of aromatic nitrogens is 3. The van der Waals surface area contributed by atoms with Crippen LogP contribution in [0.3, 0.4) is 0 Å². The highest BCUT2D eigenvalue weighted by Crippen LogP contribution is 2.51. The van der Waals surface area contributed by atoms with Gasteiger partial charge in [0, 0.05) is 27.4 Å². The number of hydrogen-bond acceptors (Lipinski definition) is 2. The Bertz CT molecular complexity index is 3010. The van der Waals surface area contributed by atoms with Crippen LogP contribution in [-0.2, 0) is 5.41 Å². The molecule has 1 aliphatic rings. The summed E-state index contributed by atoms with van der Waals surface area (Å²) >= 11 is 0. The highest BCUT2D eigenvalue weighted by atomic mass is 16.2. The van der Waals surface area contributed by atoms with Crippen molar-refractivity contribution in [3.63, 3.8) is 0 Å². The van der Waals surface area contributed by atoms with Gasteiger partial charge in [-0.25, -0.2) is 9.36 Å². The van der Waals surface area contributed by atoms with Crippen LogP contribution >= 0.6 is 0 Å². The van der Waals surface area contributed by atoms with Crippen molar-refractivity contribution in [1.82, 2.24) is 14.1 Å². The summed E-state index contributed by atoms with van der Waals surface area (Å²) in [6.07, 6.45) is 0. The predicted octanol–water partition coefficient (Wildman–Crippen LogP) is 10.4. The van der Waals surface area contributed by atoms with Gasteiger partial charge in [0.15, 0.2) is 0 Å². The SMILES string of the molecule is CC1(C)c2ccccc2-c2cc3c4cc(-c5cc(-c6ccccc6)c6[nH]c(=O)n(-c7ccccc7)c(=O)c6c5)ccc4n(-c4ccccc4)c3cc21. The molecule has 5 nitrogen and oxygen atoms in total. The van der Waals surface area contributed by atoms with Crippen LogP contribution in [0.25, 0.3) is 77.5 Å². The van der Waals surface area contributed by atoms with Crippen LogP contribution in [0.2, 0.25) is 0 Å². The fourth-order valence-corrected chi connectivity index (χ4v) is 8.39. The number of para-hydroxylation sites is 2. The van der Waals surface area contributed by atoms with Crippen molar-refractivity contribution in [2.24, 2.45) is 0 Å². The minimum Gasteiger partial charge on any atom is -0.309 e. The first-order valence-electron chi connectivity index (χ1n) is 17.6. The van der Waals surface area contributed by atoms with Crippen molar-refractivity contribution in [2.45, 2.75) is 19.3 Å². The third-order valence-corrected chi connectivity index (χ3v) is 10.9. The van der Waals surface area contributed by atoms with Crippen LogP contribution in [0.4, 0.5) is 0 Å². The molecule has 1 aliphatic carbocycles. The van der Waals surface area contributed by atoms with E-state index in [-0.39, 0.29) is 11.0 Å². The van der Waals surface area contributed by atoms with Gasteiger partial charge in [-0.3, -0.25) is 4.79 Å². The van der Waals surface area contributed by atoms with Gasteiger partial charge in [0.05, 0.1) is 27.6 Å². The minimum absolute atomic E-state index is 0.129. The van der Waals surface area contributed by atoms with Gasteiger partial charge in [0.1, 0.15) is 0 Å². The molecule has 0 saturated carbocycles. The summed E-state index contributed by atoms with van der Waals surface area (Å²) in [5.41, 5.74) is 12.3. The Morgan fingerprint density at radius 1 is 0.462 bits per heavy atom. The number of nitrogens with one attached hydrogen (secondary N) is 1. The molecule has 0 aliphatic heterocycles. The highest BCUT2D eigenvalue weighted by Gasteiger charge is 2.36. The fourth-order valence-electron chi connectivity index (χ4n) is 8.39. The standard InChI is InChI=1S/C47H33N3O2/c1-47(2)40-21-13-12-20-34(40)36-27-38-37-24-30(22-23-42(37)49(43(38)28-41(36)47)32-16-8-4-9-17-32)31-25-35(29-14-6-3-7-15-29)44-39(26-31)45(51)50(46(52)48-44)33-18-10-5-11-19-33/h3-28H,1-2H3,(H,48,52). The Labute approximate surface area is 299 Å². The third kappa shape index (κ3) is 4.36. The monoisotopic (exact) mass is 671 g/mol. The average molecular weight is 672 g/mol. The Hall–Kier alpha value is -6.72. The molecule has 248 valence electrons. The molecular weight excluding hydrogens is 639 g/mol. The summed E-state index contributed by atoms with van der Waals surface area (Å²) in [6.45, 7) is 4.64. The summed E-state index contributed by atoms with van der Waals surface area (Å²) in [5.74, 6) is 0. The van der Waals surface area contributed by atoms with Gasteiger partial charge in [0.2, 0.25) is 0 Å². The molecule has 1 N–H and O–H groups in total. The van der Waals surface area contributed by atoms with Gasteiger partial charge in [-0.2, -0.15) is 0 Å². The number of aromatic amines is 1. The Morgan fingerprint density at radius 3 is 1.81 bits per heavy atom. The summed E-state index contributed by atoms with van der Waals surface area (Å²) < 4.78 is 3.59. The van der Waals surface area contributed by atoms with E-state index < -0.39 is 5.69 Å². The van der Waals surface area contributed by atoms with Crippen molar-refractivity contribution in [3.05, 3.63) is 190 Å². The number of rotatable bonds is 4. The summed E-state index contributed by atoms with van der Waals surface area (Å²) in [5, 5.41) is 2.75. The number of benzene rings is 7. The van der Waals surface area contributed by atoms with Crippen LogP contribution in [0, 0.1) is 0 Å². The van der Waals surface area contributed by atoms with E-state index in [9.17, 15) is 9.59 Å². The van der Waals surface area contributed by atoms with Crippen LogP contribution in [-0.4, -0.2) is 14.1 Å². The molecule has 9 aromatic rings. The first-order valence-corrected chi connectivity index (χ1v) is 17.6. The van der Waals surface area contributed by atoms with Gasteiger partial charge in [-0.15, -0.1) is 0 Å².